The molecule has 2 aromatic carbocycles. The fourth-order valence-corrected chi connectivity index (χ4v) is 4.24. The molecule has 3 N–H and O–H groups in total. The Balaban J connectivity index is 1.26. The Morgan fingerprint density at radius 2 is 1.74 bits per heavy atom. The van der Waals surface area contributed by atoms with Crippen LogP contribution in [0.15, 0.2) is 54.7 Å². The lowest BCUT2D eigenvalue weighted by Gasteiger charge is -2.14. The Labute approximate surface area is 202 Å². The lowest BCUT2D eigenvalue weighted by molar-refractivity contribution is -0.137. The number of carbonyl (C=O) groups excluding carboxylic acids is 2. The molecule has 1 aliphatic carbocycles. The average Bonchev–Trinajstić information content (AvgIpc) is 3.42. The largest absolute Gasteiger partial charge is 0.481 e. The minimum absolute atomic E-state index is 0.0272. The van der Waals surface area contributed by atoms with Gasteiger partial charge in [-0.15, -0.1) is 5.10 Å². The van der Waals surface area contributed by atoms with Crippen LogP contribution in [-0.4, -0.2) is 50.7 Å². The Hall–Kier alpha value is -4.21. The van der Waals surface area contributed by atoms with Crippen LogP contribution in [-0.2, 0) is 27.4 Å². The third-order valence-electron chi connectivity index (χ3n) is 5.93. The van der Waals surface area contributed by atoms with Gasteiger partial charge in [0, 0.05) is 12.0 Å². The van der Waals surface area contributed by atoms with Gasteiger partial charge in [-0.1, -0.05) is 60.7 Å². The van der Waals surface area contributed by atoms with Gasteiger partial charge in [0.05, 0.1) is 19.2 Å². The summed E-state index contributed by atoms with van der Waals surface area (Å²) in [5, 5.41) is 22.1. The summed E-state index contributed by atoms with van der Waals surface area (Å²) < 4.78 is 6.83. The summed E-state index contributed by atoms with van der Waals surface area (Å²) in [6.45, 7) is 2.00. The fraction of sp³-hybridized carbons (Fsp3) is 0.320. The van der Waals surface area contributed by atoms with Crippen LogP contribution in [0.25, 0.3) is 11.1 Å². The van der Waals surface area contributed by atoms with Crippen molar-refractivity contribution < 1.29 is 24.2 Å². The lowest BCUT2D eigenvalue weighted by Crippen LogP contribution is -2.38. The van der Waals surface area contributed by atoms with Crippen molar-refractivity contribution in [3.05, 3.63) is 71.5 Å². The van der Waals surface area contributed by atoms with E-state index in [2.05, 4.69) is 45.2 Å². The van der Waals surface area contributed by atoms with Gasteiger partial charge in [0.25, 0.3) is 0 Å². The van der Waals surface area contributed by atoms with E-state index in [9.17, 15) is 14.4 Å². The van der Waals surface area contributed by atoms with Crippen LogP contribution in [0.4, 0.5) is 4.79 Å². The molecule has 0 saturated heterocycles. The van der Waals surface area contributed by atoms with Gasteiger partial charge in [-0.25, -0.2) is 9.48 Å². The quantitative estimate of drug-likeness (QED) is 0.408. The van der Waals surface area contributed by atoms with Crippen LogP contribution in [0.1, 0.15) is 42.5 Å². The van der Waals surface area contributed by atoms with Crippen molar-refractivity contribution in [2.24, 2.45) is 0 Å². The predicted molar refractivity (Wildman–Crippen MR) is 126 cm³/mol. The van der Waals surface area contributed by atoms with Crippen molar-refractivity contribution in [2.45, 2.75) is 44.8 Å². The first-order chi connectivity index (χ1) is 16.9. The predicted octanol–water partition coefficient (Wildman–Crippen LogP) is 2.69. The van der Waals surface area contributed by atoms with Crippen LogP contribution < -0.4 is 10.6 Å². The smallest absolute Gasteiger partial charge is 0.407 e. The van der Waals surface area contributed by atoms with Crippen LogP contribution in [0.5, 0.6) is 0 Å². The van der Waals surface area contributed by atoms with Gasteiger partial charge in [-0.2, -0.15) is 0 Å². The number of carboxylic acids is 1. The second-order valence-electron chi connectivity index (χ2n) is 8.36. The number of nitrogens with one attached hydrogen (secondary N) is 2. The number of rotatable bonds is 10. The minimum Gasteiger partial charge on any atom is -0.481 e. The van der Waals surface area contributed by atoms with E-state index in [1.165, 1.54) is 4.68 Å². The molecule has 0 radical (unpaired) electrons. The van der Waals surface area contributed by atoms with Crippen molar-refractivity contribution >= 4 is 18.0 Å². The van der Waals surface area contributed by atoms with Crippen molar-refractivity contribution in [3.8, 4) is 11.1 Å². The number of ether oxygens (including phenoxy) is 1. The SMILES string of the molecule is CC[C@H](CC(=O)O)NC(=O)Cn1cc(CNC(=O)OCC2c3ccccc3-c3ccccc32)nn1. The maximum absolute atomic E-state index is 12.3. The zero-order valence-electron chi connectivity index (χ0n) is 19.3. The lowest BCUT2D eigenvalue weighted by atomic mass is 9.98. The topological polar surface area (TPSA) is 135 Å². The maximum Gasteiger partial charge on any atom is 0.407 e. The summed E-state index contributed by atoms with van der Waals surface area (Å²) >= 11 is 0. The normalized spacial score (nSPS) is 12.9. The molecule has 1 aromatic heterocycles. The van der Waals surface area contributed by atoms with Gasteiger partial charge >= 0.3 is 12.1 Å². The molecule has 0 unspecified atom stereocenters. The van der Waals surface area contributed by atoms with Gasteiger partial charge in [0.1, 0.15) is 18.8 Å². The number of carbonyl (C=O) groups is 3. The van der Waals surface area contributed by atoms with E-state index in [0.717, 1.165) is 22.3 Å². The summed E-state index contributed by atoms with van der Waals surface area (Å²) in [6.07, 6.45) is 1.33. The second-order valence-corrected chi connectivity index (χ2v) is 8.36. The van der Waals surface area contributed by atoms with Gasteiger partial charge < -0.3 is 20.5 Å². The van der Waals surface area contributed by atoms with Crippen LogP contribution in [0.2, 0.25) is 0 Å². The number of benzene rings is 2. The molecule has 1 heterocycles. The third-order valence-corrected chi connectivity index (χ3v) is 5.93. The summed E-state index contributed by atoms with van der Waals surface area (Å²) in [7, 11) is 0. The number of fused-ring (bicyclic) bond motifs is 3. The van der Waals surface area contributed by atoms with Crippen molar-refractivity contribution in [1.82, 2.24) is 25.6 Å². The molecule has 0 bridgehead atoms. The summed E-state index contributed by atoms with van der Waals surface area (Å²) in [5.41, 5.74) is 5.05. The van der Waals surface area contributed by atoms with Crippen LogP contribution >= 0.6 is 0 Å². The van der Waals surface area contributed by atoms with E-state index in [1.54, 1.807) is 13.1 Å². The van der Waals surface area contributed by atoms with Gasteiger partial charge in [-0.05, 0) is 28.7 Å². The molecule has 1 aliphatic rings. The Bertz CT molecular complexity index is 1180. The maximum atomic E-state index is 12.3. The number of amides is 2. The number of hydrogen-bond acceptors (Lipinski definition) is 6. The molecule has 10 heteroatoms. The summed E-state index contributed by atoms with van der Waals surface area (Å²) in [5.74, 6) is -1.36. The van der Waals surface area contributed by atoms with Gasteiger partial charge in [0.2, 0.25) is 5.91 Å². The standard InChI is InChI=1S/C25H27N5O5/c1-2-16(11-24(32)33)27-23(31)14-30-13-17(28-29-30)12-26-25(34)35-15-22-20-9-5-3-7-18(20)19-8-4-6-10-21(19)22/h3-10,13,16,22H,2,11-12,14-15H2,1H3,(H,26,34)(H,27,31)(H,32,33)/t16-/m1/s1. The van der Waals surface area contributed by atoms with Crippen molar-refractivity contribution in [2.75, 3.05) is 6.61 Å². The highest BCUT2D eigenvalue weighted by Crippen LogP contribution is 2.44. The number of alkyl carbamates (subject to hydrolysis) is 1. The minimum atomic E-state index is -0.973. The fourth-order valence-electron chi connectivity index (χ4n) is 4.24. The molecular formula is C25H27N5O5. The van der Waals surface area contributed by atoms with E-state index >= 15 is 0 Å². The van der Waals surface area contributed by atoms with E-state index < -0.39 is 18.1 Å². The van der Waals surface area contributed by atoms with E-state index in [4.69, 9.17) is 9.84 Å². The first-order valence-corrected chi connectivity index (χ1v) is 11.4. The molecule has 35 heavy (non-hydrogen) atoms. The molecule has 0 spiro atoms. The third kappa shape index (κ3) is 5.84. The van der Waals surface area contributed by atoms with Crippen LogP contribution in [0.3, 0.4) is 0 Å². The molecule has 0 aliphatic heterocycles. The highest BCUT2D eigenvalue weighted by Gasteiger charge is 2.29. The number of hydrogen-bond donors (Lipinski definition) is 3. The van der Waals surface area contributed by atoms with Gasteiger partial charge in [-0.3, -0.25) is 9.59 Å². The number of nitrogens with zero attached hydrogens (tertiary/aromatic N) is 3. The molecule has 182 valence electrons. The van der Waals surface area contributed by atoms with Crippen molar-refractivity contribution in [1.29, 1.82) is 0 Å². The molecular weight excluding hydrogens is 450 g/mol. The summed E-state index contributed by atoms with van der Waals surface area (Å²) in [4.78, 5) is 35.3. The molecule has 10 nitrogen and oxygen atoms in total. The molecule has 3 aromatic rings. The molecule has 2 amide bonds. The first kappa shape index (κ1) is 23.9. The molecule has 0 fully saturated rings. The summed E-state index contributed by atoms with van der Waals surface area (Å²) in [6, 6.07) is 15.8. The van der Waals surface area contributed by atoms with Crippen LogP contribution in [0, 0.1) is 0 Å². The number of aromatic nitrogens is 3. The highest BCUT2D eigenvalue weighted by atomic mass is 16.5. The highest BCUT2D eigenvalue weighted by molar-refractivity contribution is 5.79. The number of carboxylic acid groups (broad SMARTS) is 1. The zero-order chi connectivity index (χ0) is 24.8. The Morgan fingerprint density at radius 1 is 1.09 bits per heavy atom. The molecule has 1 atom stereocenters. The Kier molecular flexibility index (Phi) is 7.39. The van der Waals surface area contributed by atoms with E-state index in [0.29, 0.717) is 12.1 Å². The average molecular weight is 478 g/mol. The van der Waals surface area contributed by atoms with E-state index in [1.807, 2.05) is 24.3 Å². The zero-order valence-corrected chi connectivity index (χ0v) is 19.3. The number of aliphatic carboxylic acids is 1. The first-order valence-electron chi connectivity index (χ1n) is 11.4. The van der Waals surface area contributed by atoms with E-state index in [-0.39, 0.29) is 37.9 Å². The van der Waals surface area contributed by atoms with Gasteiger partial charge in [0.15, 0.2) is 0 Å². The van der Waals surface area contributed by atoms with Crippen molar-refractivity contribution in [3.63, 3.8) is 0 Å². The molecule has 0 saturated carbocycles. The molecule has 4 rings (SSSR count). The second kappa shape index (κ2) is 10.8. The Morgan fingerprint density at radius 3 is 2.37 bits per heavy atom. The monoisotopic (exact) mass is 477 g/mol.